The van der Waals surface area contributed by atoms with E-state index in [1.165, 1.54) is 12.1 Å². The Morgan fingerprint density at radius 3 is 2.47 bits per heavy atom. The molecule has 0 unspecified atom stereocenters. The summed E-state index contributed by atoms with van der Waals surface area (Å²) in [5, 5.41) is 11.9. The van der Waals surface area contributed by atoms with Crippen molar-refractivity contribution >= 4 is 46.5 Å². The maximum atomic E-state index is 16.0. The van der Waals surface area contributed by atoms with Crippen LogP contribution in [0.15, 0.2) is 65.1 Å². The maximum absolute atomic E-state index is 16.0. The minimum Gasteiger partial charge on any atom is -0.508 e. The molecule has 0 spiro atoms. The van der Waals surface area contributed by atoms with Gasteiger partial charge in [-0.05, 0) is 47.3 Å². The second kappa shape index (κ2) is 9.65. The van der Waals surface area contributed by atoms with Crippen LogP contribution in [0, 0.1) is 5.82 Å². The minimum atomic E-state index is -0.644. The smallest absolute Gasteiger partial charge is 0.246 e. The first-order chi connectivity index (χ1) is 16.4. The second-order valence-electron chi connectivity index (χ2n) is 7.88. The summed E-state index contributed by atoms with van der Waals surface area (Å²) < 4.78 is 16.0. The van der Waals surface area contributed by atoms with Gasteiger partial charge in [-0.25, -0.2) is 4.39 Å². The average molecular weight is 479 g/mol. The molecule has 0 bridgehead atoms. The molecule has 34 heavy (non-hydrogen) atoms. The van der Waals surface area contributed by atoms with Gasteiger partial charge in [0.05, 0.1) is 5.02 Å². The fraction of sp³-hybridized carbons (Fsp3) is 0.192. The van der Waals surface area contributed by atoms with Crippen LogP contribution in [-0.4, -0.2) is 66.6 Å². The molecule has 1 aliphatic heterocycles. The van der Waals surface area contributed by atoms with Crippen LogP contribution in [0.5, 0.6) is 5.75 Å². The summed E-state index contributed by atoms with van der Waals surface area (Å²) in [6.45, 7) is 9.13. The van der Waals surface area contributed by atoms with Crippen molar-refractivity contribution in [3.63, 3.8) is 0 Å². The minimum absolute atomic E-state index is 0.00380. The van der Waals surface area contributed by atoms with E-state index in [1.54, 1.807) is 24.1 Å². The molecule has 0 aliphatic carbocycles. The van der Waals surface area contributed by atoms with Crippen molar-refractivity contribution in [1.29, 1.82) is 0 Å². The highest BCUT2D eigenvalue weighted by Crippen LogP contribution is 2.42. The molecule has 1 heterocycles. The summed E-state index contributed by atoms with van der Waals surface area (Å²) >= 11 is 6.65. The number of nitrogens with zero attached hydrogens (tertiary/aromatic N) is 4. The Hall–Kier alpha value is -3.71. The van der Waals surface area contributed by atoms with Gasteiger partial charge in [-0.2, -0.15) is 0 Å². The lowest BCUT2D eigenvalue weighted by atomic mass is 9.95. The molecule has 6 nitrogen and oxygen atoms in total. The Morgan fingerprint density at radius 1 is 1.15 bits per heavy atom. The van der Waals surface area contributed by atoms with Crippen LogP contribution in [0.2, 0.25) is 5.02 Å². The SMILES string of the molecule is C=CC(=O)N1CCN(C(=NC)c2cc(Cl)c(-c3cc(O)cc4ccccc34)c(F)c2N=C)CC1. The van der Waals surface area contributed by atoms with Gasteiger partial charge in [0.1, 0.15) is 17.3 Å². The predicted octanol–water partition coefficient (Wildman–Crippen LogP) is 5.04. The first-order valence-electron chi connectivity index (χ1n) is 10.7. The molecule has 1 fully saturated rings. The average Bonchev–Trinajstić information content (AvgIpc) is 2.84. The monoisotopic (exact) mass is 478 g/mol. The Bertz CT molecular complexity index is 1330. The largest absolute Gasteiger partial charge is 0.508 e. The van der Waals surface area contributed by atoms with Gasteiger partial charge >= 0.3 is 0 Å². The fourth-order valence-electron chi connectivity index (χ4n) is 4.38. The summed E-state index contributed by atoms with van der Waals surface area (Å²) in [5.74, 6) is -0.250. The number of halogens is 2. The van der Waals surface area contributed by atoms with Crippen molar-refractivity contribution in [2.45, 2.75) is 0 Å². The topological polar surface area (TPSA) is 68.5 Å². The molecule has 0 atom stereocenters. The van der Waals surface area contributed by atoms with E-state index in [0.29, 0.717) is 43.1 Å². The number of piperazine rings is 1. The molecule has 0 saturated carbocycles. The molecule has 0 radical (unpaired) electrons. The lowest BCUT2D eigenvalue weighted by molar-refractivity contribution is -0.127. The van der Waals surface area contributed by atoms with E-state index < -0.39 is 5.82 Å². The Balaban J connectivity index is 1.80. The van der Waals surface area contributed by atoms with Gasteiger partial charge in [-0.3, -0.25) is 14.8 Å². The first kappa shape index (κ1) is 23.4. The highest BCUT2D eigenvalue weighted by molar-refractivity contribution is 6.34. The number of carbonyl (C=O) groups excluding carboxylic acids is 1. The maximum Gasteiger partial charge on any atom is 0.246 e. The van der Waals surface area contributed by atoms with Crippen LogP contribution < -0.4 is 0 Å². The molecular formula is C26H24ClFN4O2. The molecule has 174 valence electrons. The molecule has 1 saturated heterocycles. The number of rotatable bonds is 4. The number of carbonyl (C=O) groups is 1. The Kier molecular flexibility index (Phi) is 6.65. The van der Waals surface area contributed by atoms with Crippen molar-refractivity contribution in [3.8, 4) is 16.9 Å². The molecule has 3 aromatic carbocycles. The number of hydrogen-bond donors (Lipinski definition) is 1. The molecule has 1 N–H and O–H groups in total. The quantitative estimate of drug-likeness (QED) is 0.324. The summed E-state index contributed by atoms with van der Waals surface area (Å²) in [7, 11) is 1.62. The van der Waals surface area contributed by atoms with E-state index in [0.717, 1.165) is 10.8 Å². The van der Waals surface area contributed by atoms with Gasteiger partial charge in [0.15, 0.2) is 5.82 Å². The zero-order valence-electron chi connectivity index (χ0n) is 18.8. The van der Waals surface area contributed by atoms with Crippen LogP contribution in [0.25, 0.3) is 21.9 Å². The summed E-state index contributed by atoms with van der Waals surface area (Å²) in [6.07, 6.45) is 1.29. The van der Waals surface area contributed by atoms with Crippen molar-refractivity contribution in [2.24, 2.45) is 9.98 Å². The highest BCUT2D eigenvalue weighted by Gasteiger charge is 2.27. The number of amidine groups is 1. The number of phenols is 1. The van der Waals surface area contributed by atoms with Crippen molar-refractivity contribution in [2.75, 3.05) is 33.2 Å². The number of phenolic OH excluding ortho intramolecular Hbond substituents is 1. The van der Waals surface area contributed by atoms with Gasteiger partial charge in [0.25, 0.3) is 0 Å². The zero-order valence-corrected chi connectivity index (χ0v) is 19.5. The molecule has 4 rings (SSSR count). The molecule has 1 aliphatic rings. The van der Waals surface area contributed by atoms with Crippen molar-refractivity contribution < 1.29 is 14.3 Å². The van der Waals surface area contributed by atoms with Crippen LogP contribution in [0.4, 0.5) is 10.1 Å². The Morgan fingerprint density at radius 2 is 1.82 bits per heavy atom. The Labute approximate surface area is 202 Å². The molecule has 0 aromatic heterocycles. The van der Waals surface area contributed by atoms with E-state index in [2.05, 4.69) is 23.3 Å². The summed E-state index contributed by atoms with van der Waals surface area (Å²) in [6, 6.07) is 12.1. The molecular weight excluding hydrogens is 455 g/mol. The van der Waals surface area contributed by atoms with Gasteiger partial charge in [0, 0.05) is 44.4 Å². The lowest BCUT2D eigenvalue weighted by Crippen LogP contribution is -2.50. The normalized spacial score (nSPS) is 14.4. The number of benzene rings is 3. The van der Waals surface area contributed by atoms with Crippen molar-refractivity contribution in [3.05, 3.63) is 71.5 Å². The second-order valence-corrected chi connectivity index (χ2v) is 8.29. The van der Waals surface area contributed by atoms with Gasteiger partial charge in [-0.15, -0.1) is 0 Å². The molecule has 8 heteroatoms. The number of amides is 1. The summed E-state index contributed by atoms with van der Waals surface area (Å²) in [5.41, 5.74) is 1.03. The number of fused-ring (bicyclic) bond motifs is 1. The van der Waals surface area contributed by atoms with E-state index in [4.69, 9.17) is 11.6 Å². The predicted molar refractivity (Wildman–Crippen MR) is 136 cm³/mol. The summed E-state index contributed by atoms with van der Waals surface area (Å²) in [4.78, 5) is 24.0. The number of aromatic hydroxyl groups is 1. The number of hydrogen-bond acceptors (Lipinski definition) is 4. The fourth-order valence-corrected chi connectivity index (χ4v) is 4.68. The van der Waals surface area contributed by atoms with Crippen molar-refractivity contribution in [1.82, 2.24) is 9.80 Å². The van der Waals surface area contributed by atoms with E-state index in [9.17, 15) is 9.90 Å². The first-order valence-corrected chi connectivity index (χ1v) is 11.1. The highest BCUT2D eigenvalue weighted by atomic mass is 35.5. The zero-order chi connectivity index (χ0) is 24.4. The van der Waals surface area contributed by atoms with Gasteiger partial charge < -0.3 is 14.9 Å². The third kappa shape index (κ3) is 4.15. The van der Waals surface area contributed by atoms with E-state index in [1.807, 2.05) is 29.2 Å². The third-order valence-corrected chi connectivity index (χ3v) is 6.28. The van der Waals surface area contributed by atoms with E-state index in [-0.39, 0.29) is 27.9 Å². The third-order valence-electron chi connectivity index (χ3n) is 5.98. The number of aliphatic imine (C=N–C) groups is 2. The van der Waals surface area contributed by atoms with E-state index >= 15 is 4.39 Å². The lowest BCUT2D eigenvalue weighted by Gasteiger charge is -2.36. The van der Waals surface area contributed by atoms with Crippen LogP contribution in [0.1, 0.15) is 5.56 Å². The molecule has 1 amide bonds. The van der Waals surface area contributed by atoms with Gasteiger partial charge in [-0.1, -0.05) is 42.4 Å². The van der Waals surface area contributed by atoms with Crippen LogP contribution in [-0.2, 0) is 4.79 Å². The molecule has 3 aromatic rings. The standard InChI is InChI=1S/C26H24ClFN4O2/c1-4-22(34)31-9-11-32(12-10-31)26(30-3)20-15-21(27)23(24(28)25(20)29-2)19-14-17(33)13-16-7-5-6-8-18(16)19/h4-8,13-15,33H,1-2,9-12H2,3H3. The van der Waals surface area contributed by atoms with Gasteiger partial charge in [0.2, 0.25) is 5.91 Å². The van der Waals surface area contributed by atoms with Crippen LogP contribution in [0.3, 0.4) is 0 Å². The van der Waals surface area contributed by atoms with Crippen LogP contribution >= 0.6 is 11.6 Å².